The highest BCUT2D eigenvalue weighted by Crippen LogP contribution is 2.33. The zero-order chi connectivity index (χ0) is 22.7. The van der Waals surface area contributed by atoms with Gasteiger partial charge in [-0.05, 0) is 54.5 Å². The Bertz CT molecular complexity index is 1130. The van der Waals surface area contributed by atoms with Crippen LogP contribution in [-0.2, 0) is 10.5 Å². The number of carbonyl (C=O) groups excluding carboxylic acids is 1. The first-order chi connectivity index (χ1) is 14.7. The van der Waals surface area contributed by atoms with E-state index in [-0.39, 0.29) is 22.2 Å². The number of likely N-dealkylation sites (N-methyl/N-ethyl adjacent to an activating group) is 1. The van der Waals surface area contributed by atoms with Gasteiger partial charge in [0.25, 0.3) is 12.3 Å². The Morgan fingerprint density at radius 2 is 2.16 bits per heavy atom. The number of hydrogen-bond acceptors (Lipinski definition) is 6. The summed E-state index contributed by atoms with van der Waals surface area (Å²) < 4.78 is 31.7. The summed E-state index contributed by atoms with van der Waals surface area (Å²) in [6.45, 7) is 1.61. The summed E-state index contributed by atoms with van der Waals surface area (Å²) in [4.78, 5) is 17.5. The lowest BCUT2D eigenvalue weighted by atomic mass is 10.1. The SMILES string of the molecule is COc1ccc(/C=C2/NC(=S)N(C)C2=O)cc1CSc1nc(C(F)F)cc(C)c1C#N. The van der Waals surface area contributed by atoms with Crippen molar-refractivity contribution < 1.29 is 18.3 Å². The number of thiocarbonyl (C=S) groups is 1. The summed E-state index contributed by atoms with van der Waals surface area (Å²) in [5.41, 5.74) is 2.20. The van der Waals surface area contributed by atoms with Crippen LogP contribution in [0.15, 0.2) is 35.0 Å². The molecule has 1 aliphatic heterocycles. The molecule has 0 spiro atoms. The summed E-state index contributed by atoms with van der Waals surface area (Å²) in [7, 11) is 3.11. The standard InChI is InChI=1S/C21H18F2N4O2S2/c1-11-6-15(18(22)23)25-19(14(11)9-24)31-10-13-7-12(4-5-17(13)29-3)8-16-20(28)27(2)21(30)26-16/h4-8,18H,10H2,1-3H3,(H,26,30)/b16-8+. The van der Waals surface area contributed by atoms with Crippen molar-refractivity contribution in [1.82, 2.24) is 15.2 Å². The maximum absolute atomic E-state index is 13.2. The molecule has 3 rings (SSSR count). The van der Waals surface area contributed by atoms with Gasteiger partial charge in [0, 0.05) is 18.4 Å². The number of rotatable bonds is 6. The molecule has 1 saturated heterocycles. The number of pyridine rings is 1. The van der Waals surface area contributed by atoms with E-state index in [0.29, 0.717) is 27.9 Å². The van der Waals surface area contributed by atoms with E-state index in [1.165, 1.54) is 29.8 Å². The third kappa shape index (κ3) is 4.84. The van der Waals surface area contributed by atoms with Crippen LogP contribution in [0.25, 0.3) is 6.08 Å². The molecule has 0 aliphatic carbocycles. The highest BCUT2D eigenvalue weighted by molar-refractivity contribution is 7.98. The Kier molecular flexibility index (Phi) is 6.87. The van der Waals surface area contributed by atoms with E-state index in [1.54, 1.807) is 32.2 Å². The van der Waals surface area contributed by atoms with Crippen LogP contribution in [0.2, 0.25) is 0 Å². The first-order valence-electron chi connectivity index (χ1n) is 9.05. The molecule has 1 amide bonds. The number of alkyl halides is 2. The number of carbonyl (C=O) groups is 1. The van der Waals surface area contributed by atoms with Gasteiger partial charge in [0.2, 0.25) is 0 Å². The van der Waals surface area contributed by atoms with Crippen LogP contribution >= 0.6 is 24.0 Å². The number of amides is 1. The van der Waals surface area contributed by atoms with Gasteiger partial charge in [-0.15, -0.1) is 11.8 Å². The van der Waals surface area contributed by atoms with Crippen molar-refractivity contribution in [3.8, 4) is 11.8 Å². The number of hydrogen-bond donors (Lipinski definition) is 1. The quantitative estimate of drug-likeness (QED) is 0.393. The lowest BCUT2D eigenvalue weighted by Crippen LogP contribution is -2.25. The number of halogens is 2. The Hall–Kier alpha value is -3.03. The third-order valence-electron chi connectivity index (χ3n) is 4.60. The molecule has 0 bridgehead atoms. The zero-order valence-electron chi connectivity index (χ0n) is 16.9. The summed E-state index contributed by atoms with van der Waals surface area (Å²) >= 11 is 6.25. The van der Waals surface area contributed by atoms with Crippen LogP contribution in [0, 0.1) is 18.3 Å². The molecule has 6 nitrogen and oxygen atoms in total. The van der Waals surface area contributed by atoms with Crippen molar-refractivity contribution >= 4 is 41.1 Å². The van der Waals surface area contributed by atoms with Gasteiger partial charge in [-0.25, -0.2) is 13.8 Å². The molecule has 31 heavy (non-hydrogen) atoms. The third-order valence-corrected chi connectivity index (χ3v) is 6.00. The van der Waals surface area contributed by atoms with E-state index in [1.807, 2.05) is 12.1 Å². The number of benzene rings is 1. The molecule has 2 heterocycles. The average molecular weight is 461 g/mol. The predicted molar refractivity (Wildman–Crippen MR) is 118 cm³/mol. The monoisotopic (exact) mass is 460 g/mol. The van der Waals surface area contributed by atoms with Gasteiger partial charge in [-0.2, -0.15) is 5.26 Å². The van der Waals surface area contributed by atoms with Gasteiger partial charge < -0.3 is 10.1 Å². The van der Waals surface area contributed by atoms with Gasteiger partial charge >= 0.3 is 0 Å². The Morgan fingerprint density at radius 1 is 1.42 bits per heavy atom. The van der Waals surface area contributed by atoms with Crippen molar-refractivity contribution in [2.45, 2.75) is 24.1 Å². The first kappa shape index (κ1) is 22.7. The highest BCUT2D eigenvalue weighted by atomic mass is 32.2. The van der Waals surface area contributed by atoms with Gasteiger partial charge in [0.15, 0.2) is 5.11 Å². The molecule has 160 valence electrons. The normalized spacial score (nSPS) is 14.9. The van der Waals surface area contributed by atoms with E-state index >= 15 is 0 Å². The minimum absolute atomic E-state index is 0.237. The molecule has 1 aliphatic rings. The fourth-order valence-corrected chi connectivity index (χ4v) is 4.19. The largest absolute Gasteiger partial charge is 0.496 e. The molecule has 2 aromatic rings. The maximum atomic E-state index is 13.2. The smallest absolute Gasteiger partial charge is 0.280 e. The molecule has 1 N–H and O–H groups in total. The molecular weight excluding hydrogens is 442 g/mol. The predicted octanol–water partition coefficient (Wildman–Crippen LogP) is 4.19. The van der Waals surface area contributed by atoms with Crippen molar-refractivity contribution in [1.29, 1.82) is 5.26 Å². The van der Waals surface area contributed by atoms with Gasteiger partial charge in [-0.1, -0.05) is 6.07 Å². The highest BCUT2D eigenvalue weighted by Gasteiger charge is 2.27. The molecule has 1 aromatic heterocycles. The van der Waals surface area contributed by atoms with Crippen LogP contribution in [0.1, 0.15) is 34.4 Å². The Labute approximate surface area is 187 Å². The van der Waals surface area contributed by atoms with E-state index < -0.39 is 6.43 Å². The molecule has 0 radical (unpaired) electrons. The molecule has 0 unspecified atom stereocenters. The van der Waals surface area contributed by atoms with Crippen LogP contribution in [0.5, 0.6) is 5.75 Å². The first-order valence-corrected chi connectivity index (χ1v) is 10.4. The number of methoxy groups -OCH3 is 1. The van der Waals surface area contributed by atoms with Crippen molar-refractivity contribution in [2.75, 3.05) is 14.2 Å². The van der Waals surface area contributed by atoms with Crippen molar-refractivity contribution in [3.05, 3.63) is 57.9 Å². The topological polar surface area (TPSA) is 78.2 Å². The summed E-state index contributed by atoms with van der Waals surface area (Å²) in [6, 6.07) is 8.63. The number of nitrogens with zero attached hydrogens (tertiary/aromatic N) is 3. The average Bonchev–Trinajstić information content (AvgIpc) is 2.98. The van der Waals surface area contributed by atoms with Gasteiger partial charge in [0.1, 0.15) is 28.2 Å². The lowest BCUT2D eigenvalue weighted by molar-refractivity contribution is -0.121. The van der Waals surface area contributed by atoms with Crippen LogP contribution in [0.4, 0.5) is 8.78 Å². The molecule has 0 atom stereocenters. The number of ether oxygens (including phenoxy) is 1. The maximum Gasteiger partial charge on any atom is 0.280 e. The molecule has 1 fully saturated rings. The number of nitrogens with one attached hydrogen (secondary N) is 1. The molecule has 0 saturated carbocycles. The zero-order valence-corrected chi connectivity index (χ0v) is 18.5. The fraction of sp³-hybridized carbons (Fsp3) is 0.238. The number of aromatic nitrogens is 1. The molecular formula is C21H18F2N4O2S2. The second kappa shape index (κ2) is 9.41. The van der Waals surface area contributed by atoms with Crippen LogP contribution in [-0.4, -0.2) is 35.1 Å². The number of aryl methyl sites for hydroxylation is 1. The van der Waals surface area contributed by atoms with E-state index in [0.717, 1.165) is 11.1 Å². The van der Waals surface area contributed by atoms with Crippen molar-refractivity contribution in [2.24, 2.45) is 0 Å². The van der Waals surface area contributed by atoms with E-state index in [4.69, 9.17) is 17.0 Å². The summed E-state index contributed by atoms with van der Waals surface area (Å²) in [6.07, 6.45) is -1.05. The minimum atomic E-state index is -2.73. The number of nitriles is 1. The van der Waals surface area contributed by atoms with Crippen molar-refractivity contribution in [3.63, 3.8) is 0 Å². The number of thioether (sulfide) groups is 1. The summed E-state index contributed by atoms with van der Waals surface area (Å²) in [5.74, 6) is 0.681. The second-order valence-corrected chi connectivity index (χ2v) is 8.02. The Balaban J connectivity index is 1.91. The van der Waals surface area contributed by atoms with E-state index in [2.05, 4.69) is 10.3 Å². The Morgan fingerprint density at radius 3 is 2.74 bits per heavy atom. The minimum Gasteiger partial charge on any atom is -0.496 e. The second-order valence-electron chi connectivity index (χ2n) is 6.67. The van der Waals surface area contributed by atoms with E-state index in [9.17, 15) is 18.8 Å². The van der Waals surface area contributed by atoms with Crippen LogP contribution < -0.4 is 10.1 Å². The summed E-state index contributed by atoms with van der Waals surface area (Å²) in [5, 5.41) is 12.8. The molecule has 10 heteroatoms. The fourth-order valence-electron chi connectivity index (χ4n) is 2.96. The molecule has 1 aromatic carbocycles. The van der Waals surface area contributed by atoms with Gasteiger partial charge in [0.05, 0.1) is 12.7 Å². The van der Waals surface area contributed by atoms with Gasteiger partial charge in [-0.3, -0.25) is 9.69 Å². The van der Waals surface area contributed by atoms with Crippen LogP contribution in [0.3, 0.4) is 0 Å². The lowest BCUT2D eigenvalue weighted by Gasteiger charge is -2.12.